The minimum Gasteiger partial charge on any atom is -0.333 e. The summed E-state index contributed by atoms with van der Waals surface area (Å²) >= 11 is 5.77. The Labute approximate surface area is 113 Å². The minimum atomic E-state index is -0.261. The van der Waals surface area contributed by atoms with Crippen LogP contribution in [0.15, 0.2) is 24.3 Å². The molecule has 0 fully saturated rings. The zero-order valence-electron chi connectivity index (χ0n) is 11.0. The van der Waals surface area contributed by atoms with E-state index in [1.165, 1.54) is 0 Å². The summed E-state index contributed by atoms with van der Waals surface area (Å²) < 4.78 is 0. The number of nitrogens with one attached hydrogen (secondary N) is 2. The standard InChI is InChI=1S/C13H20ClN3O/c1-13(2,3)11(8-15)17-12(18)16-10-6-4-9(14)5-7-10/h4-7,11H,8,15H2,1-3H3,(H2,16,17,18). The van der Waals surface area contributed by atoms with E-state index in [0.717, 1.165) is 0 Å². The molecule has 4 nitrogen and oxygen atoms in total. The number of benzene rings is 1. The first kappa shape index (κ1) is 14.8. The summed E-state index contributed by atoms with van der Waals surface area (Å²) in [6.07, 6.45) is 0. The summed E-state index contributed by atoms with van der Waals surface area (Å²) in [6.45, 7) is 6.50. The number of urea groups is 1. The highest BCUT2D eigenvalue weighted by molar-refractivity contribution is 6.30. The Balaban J connectivity index is 2.58. The zero-order chi connectivity index (χ0) is 13.8. The minimum absolute atomic E-state index is 0.0773. The van der Waals surface area contributed by atoms with Crippen LogP contribution in [0.25, 0.3) is 0 Å². The van der Waals surface area contributed by atoms with Crippen LogP contribution in [0, 0.1) is 5.41 Å². The Kier molecular flexibility index (Phi) is 4.99. The summed E-state index contributed by atoms with van der Waals surface area (Å²) in [5, 5.41) is 6.24. The molecule has 0 saturated carbocycles. The highest BCUT2D eigenvalue weighted by atomic mass is 35.5. The molecule has 5 heteroatoms. The number of hydrogen-bond donors (Lipinski definition) is 3. The predicted molar refractivity (Wildman–Crippen MR) is 75.9 cm³/mol. The summed E-state index contributed by atoms with van der Waals surface area (Å²) in [4.78, 5) is 11.8. The van der Waals surface area contributed by atoms with Crippen LogP contribution < -0.4 is 16.4 Å². The van der Waals surface area contributed by atoms with Crippen molar-refractivity contribution in [1.82, 2.24) is 5.32 Å². The Bertz CT molecular complexity index is 398. The second-order valence-electron chi connectivity index (χ2n) is 5.26. The van der Waals surface area contributed by atoms with Gasteiger partial charge in [0, 0.05) is 23.3 Å². The molecule has 0 aliphatic heterocycles. The summed E-state index contributed by atoms with van der Waals surface area (Å²) in [5.41, 5.74) is 6.28. The highest BCUT2D eigenvalue weighted by Gasteiger charge is 2.24. The molecule has 0 saturated heterocycles. The molecule has 0 spiro atoms. The number of anilines is 1. The monoisotopic (exact) mass is 269 g/mol. The van der Waals surface area contributed by atoms with Crippen molar-refractivity contribution < 1.29 is 4.79 Å². The Morgan fingerprint density at radius 3 is 2.33 bits per heavy atom. The Morgan fingerprint density at radius 1 is 1.33 bits per heavy atom. The highest BCUT2D eigenvalue weighted by Crippen LogP contribution is 2.18. The lowest BCUT2D eigenvalue weighted by Crippen LogP contribution is -2.49. The van der Waals surface area contributed by atoms with Gasteiger partial charge >= 0.3 is 6.03 Å². The number of hydrogen-bond acceptors (Lipinski definition) is 2. The van der Waals surface area contributed by atoms with Gasteiger partial charge < -0.3 is 16.4 Å². The van der Waals surface area contributed by atoms with E-state index in [0.29, 0.717) is 17.3 Å². The maximum absolute atomic E-state index is 11.8. The summed E-state index contributed by atoms with van der Waals surface area (Å²) in [5.74, 6) is 0. The first-order valence-electron chi connectivity index (χ1n) is 5.86. The van der Waals surface area contributed by atoms with E-state index in [2.05, 4.69) is 10.6 Å². The fourth-order valence-corrected chi connectivity index (χ4v) is 1.61. The third kappa shape index (κ3) is 4.55. The maximum atomic E-state index is 11.8. The van der Waals surface area contributed by atoms with Crippen LogP contribution in [0.2, 0.25) is 5.02 Å². The van der Waals surface area contributed by atoms with Gasteiger partial charge in [0.2, 0.25) is 0 Å². The molecule has 100 valence electrons. The molecular formula is C13H20ClN3O. The maximum Gasteiger partial charge on any atom is 0.319 e. The molecule has 18 heavy (non-hydrogen) atoms. The van der Waals surface area contributed by atoms with Crippen molar-refractivity contribution in [1.29, 1.82) is 0 Å². The van der Waals surface area contributed by atoms with Crippen LogP contribution in [0.3, 0.4) is 0 Å². The Hall–Kier alpha value is -1.26. The number of rotatable bonds is 3. The molecule has 1 rings (SSSR count). The van der Waals surface area contributed by atoms with Gasteiger partial charge in [-0.15, -0.1) is 0 Å². The van der Waals surface area contributed by atoms with Gasteiger partial charge in [-0.3, -0.25) is 0 Å². The molecule has 1 atom stereocenters. The topological polar surface area (TPSA) is 67.1 Å². The molecule has 0 aromatic heterocycles. The van der Waals surface area contributed by atoms with E-state index >= 15 is 0 Å². The Morgan fingerprint density at radius 2 is 1.89 bits per heavy atom. The third-order valence-electron chi connectivity index (χ3n) is 2.69. The fourth-order valence-electron chi connectivity index (χ4n) is 1.49. The number of nitrogens with two attached hydrogens (primary N) is 1. The van der Waals surface area contributed by atoms with Crippen LogP contribution in [0.5, 0.6) is 0 Å². The molecule has 1 aromatic carbocycles. The first-order valence-corrected chi connectivity index (χ1v) is 6.24. The number of carbonyl (C=O) groups excluding carboxylic acids is 1. The molecule has 0 heterocycles. The zero-order valence-corrected chi connectivity index (χ0v) is 11.7. The van der Waals surface area contributed by atoms with E-state index in [1.807, 2.05) is 20.8 Å². The largest absolute Gasteiger partial charge is 0.333 e. The fraction of sp³-hybridized carbons (Fsp3) is 0.462. The summed E-state index contributed by atoms with van der Waals surface area (Å²) in [6, 6.07) is 6.60. The second kappa shape index (κ2) is 6.07. The van der Waals surface area contributed by atoms with Crippen LogP contribution in [-0.4, -0.2) is 18.6 Å². The van der Waals surface area contributed by atoms with E-state index < -0.39 is 0 Å². The average Bonchev–Trinajstić information content (AvgIpc) is 2.27. The van der Waals surface area contributed by atoms with Crippen LogP contribution >= 0.6 is 11.6 Å². The van der Waals surface area contributed by atoms with Crippen LogP contribution in [0.1, 0.15) is 20.8 Å². The number of carbonyl (C=O) groups is 1. The average molecular weight is 270 g/mol. The molecule has 2 amide bonds. The second-order valence-corrected chi connectivity index (χ2v) is 5.70. The third-order valence-corrected chi connectivity index (χ3v) is 2.94. The van der Waals surface area contributed by atoms with Gasteiger partial charge in [-0.2, -0.15) is 0 Å². The van der Waals surface area contributed by atoms with Gasteiger partial charge in [-0.1, -0.05) is 32.4 Å². The molecule has 0 bridgehead atoms. The van der Waals surface area contributed by atoms with Crippen molar-refractivity contribution in [3.63, 3.8) is 0 Å². The molecule has 4 N–H and O–H groups in total. The van der Waals surface area contributed by atoms with Crippen molar-refractivity contribution in [2.24, 2.45) is 11.1 Å². The smallest absolute Gasteiger partial charge is 0.319 e. The van der Waals surface area contributed by atoms with E-state index in [4.69, 9.17) is 17.3 Å². The SMILES string of the molecule is CC(C)(C)C(CN)NC(=O)Nc1ccc(Cl)cc1. The summed E-state index contributed by atoms with van der Waals surface area (Å²) in [7, 11) is 0. The lowest BCUT2D eigenvalue weighted by Gasteiger charge is -2.30. The van der Waals surface area contributed by atoms with Crippen molar-refractivity contribution in [2.75, 3.05) is 11.9 Å². The van der Waals surface area contributed by atoms with E-state index in [1.54, 1.807) is 24.3 Å². The number of amides is 2. The van der Waals surface area contributed by atoms with Crippen LogP contribution in [0.4, 0.5) is 10.5 Å². The first-order chi connectivity index (χ1) is 8.32. The molecular weight excluding hydrogens is 250 g/mol. The quantitative estimate of drug-likeness (QED) is 0.790. The van der Waals surface area contributed by atoms with Crippen molar-refractivity contribution in [3.8, 4) is 0 Å². The van der Waals surface area contributed by atoms with Crippen LogP contribution in [-0.2, 0) is 0 Å². The van der Waals surface area contributed by atoms with E-state index in [9.17, 15) is 4.79 Å². The van der Waals surface area contributed by atoms with Crippen molar-refractivity contribution in [2.45, 2.75) is 26.8 Å². The van der Waals surface area contributed by atoms with Gasteiger partial charge in [-0.25, -0.2) is 4.79 Å². The van der Waals surface area contributed by atoms with Crippen molar-refractivity contribution in [3.05, 3.63) is 29.3 Å². The van der Waals surface area contributed by atoms with Crippen molar-refractivity contribution >= 4 is 23.3 Å². The molecule has 1 aromatic rings. The molecule has 1 unspecified atom stereocenters. The van der Waals surface area contributed by atoms with Gasteiger partial charge in [-0.05, 0) is 29.7 Å². The van der Waals surface area contributed by atoms with Gasteiger partial charge in [0.1, 0.15) is 0 Å². The molecule has 0 radical (unpaired) electrons. The lowest BCUT2D eigenvalue weighted by atomic mass is 9.87. The molecule has 0 aliphatic rings. The normalized spacial score (nSPS) is 12.9. The van der Waals surface area contributed by atoms with Gasteiger partial charge in [0.25, 0.3) is 0 Å². The van der Waals surface area contributed by atoms with Gasteiger partial charge in [0.15, 0.2) is 0 Å². The van der Waals surface area contributed by atoms with Gasteiger partial charge in [0.05, 0.1) is 0 Å². The van der Waals surface area contributed by atoms with E-state index in [-0.39, 0.29) is 17.5 Å². The number of halogens is 1. The lowest BCUT2D eigenvalue weighted by molar-refractivity contribution is 0.230. The predicted octanol–water partition coefficient (Wildman–Crippen LogP) is 2.83. The molecule has 0 aliphatic carbocycles.